The third-order valence-corrected chi connectivity index (χ3v) is 4.84. The van der Waals surface area contributed by atoms with E-state index in [2.05, 4.69) is 27.7 Å². The van der Waals surface area contributed by atoms with Crippen molar-refractivity contribution in [2.75, 3.05) is 0 Å². The van der Waals surface area contributed by atoms with Gasteiger partial charge in [-0.3, -0.25) is 9.59 Å². The quantitative estimate of drug-likeness (QED) is 0.186. The average Bonchev–Trinajstić information content (AvgIpc) is 2.64. The van der Waals surface area contributed by atoms with Gasteiger partial charge < -0.3 is 9.47 Å². The van der Waals surface area contributed by atoms with Gasteiger partial charge >= 0.3 is 11.9 Å². The molecule has 0 saturated carbocycles. The van der Waals surface area contributed by atoms with Gasteiger partial charge in [0.25, 0.3) is 0 Å². The van der Waals surface area contributed by atoms with Crippen molar-refractivity contribution in [2.45, 2.75) is 105 Å². The fraction of sp³-hybridized carbons (Fsp3) is 0.680. The Hall–Kier alpha value is -1.84. The first kappa shape index (κ1) is 25.2. The molecule has 29 heavy (non-hydrogen) atoms. The van der Waals surface area contributed by atoms with Crippen LogP contribution < -0.4 is 9.47 Å². The van der Waals surface area contributed by atoms with Gasteiger partial charge in [0.1, 0.15) is 0 Å². The summed E-state index contributed by atoms with van der Waals surface area (Å²) in [6.07, 6.45) is 11.9. The highest BCUT2D eigenvalue weighted by molar-refractivity contribution is 5.76. The van der Waals surface area contributed by atoms with Crippen LogP contribution in [-0.2, 0) is 9.59 Å². The summed E-state index contributed by atoms with van der Waals surface area (Å²) in [5.41, 5.74) is 0.198. The Bertz CT molecular complexity index is 601. The molecule has 0 fully saturated rings. The van der Waals surface area contributed by atoms with Gasteiger partial charge in [-0.2, -0.15) is 0 Å². The standard InChI is InChI=1S/C25H40O4/c1-5-6-7-8-9-10-11-12-18-23(26)28-21-16-13-14-17-22(21)29-24(27)19-15-20-25(2,3)4/h13-14,16-17H,5-12,15,18-20H2,1-4H3. The predicted molar refractivity (Wildman–Crippen MR) is 118 cm³/mol. The Morgan fingerprint density at radius 2 is 1.17 bits per heavy atom. The van der Waals surface area contributed by atoms with Crippen LogP contribution in [-0.4, -0.2) is 11.9 Å². The van der Waals surface area contributed by atoms with E-state index in [1.54, 1.807) is 24.3 Å². The van der Waals surface area contributed by atoms with Crippen molar-refractivity contribution in [3.63, 3.8) is 0 Å². The lowest BCUT2D eigenvalue weighted by Crippen LogP contribution is -2.13. The average molecular weight is 405 g/mol. The summed E-state index contributed by atoms with van der Waals surface area (Å²) in [5.74, 6) is 0.0757. The molecule has 1 rings (SSSR count). The lowest BCUT2D eigenvalue weighted by atomic mass is 9.90. The van der Waals surface area contributed by atoms with Crippen LogP contribution in [0.4, 0.5) is 0 Å². The van der Waals surface area contributed by atoms with E-state index in [-0.39, 0.29) is 17.4 Å². The number of hydrogen-bond acceptors (Lipinski definition) is 4. The maximum absolute atomic E-state index is 12.1. The van der Waals surface area contributed by atoms with E-state index in [4.69, 9.17) is 9.47 Å². The van der Waals surface area contributed by atoms with Gasteiger partial charge in [-0.05, 0) is 36.8 Å². The van der Waals surface area contributed by atoms with Crippen molar-refractivity contribution in [1.29, 1.82) is 0 Å². The zero-order valence-electron chi connectivity index (χ0n) is 18.9. The SMILES string of the molecule is CCCCCCCCCCC(=O)Oc1ccccc1OC(=O)CCCC(C)(C)C. The third kappa shape index (κ3) is 13.1. The second-order valence-corrected chi connectivity index (χ2v) is 9.03. The fourth-order valence-corrected chi connectivity index (χ4v) is 3.13. The number of esters is 2. The second-order valence-electron chi connectivity index (χ2n) is 9.03. The first-order valence-electron chi connectivity index (χ1n) is 11.3. The van der Waals surface area contributed by atoms with Crippen molar-refractivity contribution in [3.05, 3.63) is 24.3 Å². The molecular formula is C25H40O4. The summed E-state index contributed by atoms with van der Waals surface area (Å²) in [4.78, 5) is 24.3. The number of para-hydroxylation sites is 2. The second kappa shape index (κ2) is 14.2. The summed E-state index contributed by atoms with van der Waals surface area (Å²) in [6, 6.07) is 6.88. The Morgan fingerprint density at radius 3 is 1.66 bits per heavy atom. The molecule has 1 aromatic rings. The number of ether oxygens (including phenoxy) is 2. The highest BCUT2D eigenvalue weighted by Crippen LogP contribution is 2.28. The third-order valence-electron chi connectivity index (χ3n) is 4.84. The number of benzene rings is 1. The van der Waals surface area contributed by atoms with Crippen LogP contribution in [0.1, 0.15) is 105 Å². The maximum atomic E-state index is 12.1. The largest absolute Gasteiger partial charge is 0.423 e. The molecule has 0 saturated heterocycles. The van der Waals surface area contributed by atoms with Crippen LogP contribution in [0.15, 0.2) is 24.3 Å². The normalized spacial score (nSPS) is 11.3. The van der Waals surface area contributed by atoms with Crippen molar-refractivity contribution < 1.29 is 19.1 Å². The van der Waals surface area contributed by atoms with E-state index >= 15 is 0 Å². The van der Waals surface area contributed by atoms with Crippen LogP contribution in [0.2, 0.25) is 0 Å². The fourth-order valence-electron chi connectivity index (χ4n) is 3.13. The van der Waals surface area contributed by atoms with Crippen molar-refractivity contribution in [2.24, 2.45) is 5.41 Å². The molecule has 0 N–H and O–H groups in total. The van der Waals surface area contributed by atoms with Gasteiger partial charge in [-0.15, -0.1) is 0 Å². The smallest absolute Gasteiger partial charge is 0.311 e. The van der Waals surface area contributed by atoms with E-state index in [1.165, 1.54) is 38.5 Å². The van der Waals surface area contributed by atoms with E-state index in [1.807, 2.05) is 0 Å². The molecule has 0 unspecified atom stereocenters. The van der Waals surface area contributed by atoms with Gasteiger partial charge in [-0.25, -0.2) is 0 Å². The minimum Gasteiger partial charge on any atom is -0.423 e. The molecule has 0 bridgehead atoms. The molecular weight excluding hydrogens is 364 g/mol. The number of carbonyl (C=O) groups is 2. The van der Waals surface area contributed by atoms with Gasteiger partial charge in [0.2, 0.25) is 0 Å². The first-order chi connectivity index (χ1) is 13.8. The summed E-state index contributed by atoms with van der Waals surface area (Å²) in [6.45, 7) is 8.68. The lowest BCUT2D eigenvalue weighted by Gasteiger charge is -2.17. The number of hydrogen-bond donors (Lipinski definition) is 0. The topological polar surface area (TPSA) is 52.6 Å². The molecule has 4 heteroatoms. The van der Waals surface area contributed by atoms with Crippen LogP contribution in [0.3, 0.4) is 0 Å². The van der Waals surface area contributed by atoms with Gasteiger partial charge in [0.15, 0.2) is 11.5 Å². The Morgan fingerprint density at radius 1 is 0.724 bits per heavy atom. The Balaban J connectivity index is 2.33. The van der Waals surface area contributed by atoms with Crippen LogP contribution >= 0.6 is 0 Å². The molecule has 0 atom stereocenters. The minimum absolute atomic E-state index is 0.198. The maximum Gasteiger partial charge on any atom is 0.311 e. The van der Waals surface area contributed by atoms with Crippen LogP contribution in [0, 0.1) is 5.41 Å². The molecule has 4 nitrogen and oxygen atoms in total. The van der Waals surface area contributed by atoms with Gasteiger partial charge in [0, 0.05) is 12.8 Å². The summed E-state index contributed by atoms with van der Waals surface area (Å²) < 4.78 is 10.9. The molecule has 1 aromatic carbocycles. The Labute approximate surface area is 177 Å². The molecule has 0 radical (unpaired) electrons. The molecule has 0 aliphatic carbocycles. The zero-order chi connectivity index (χ0) is 21.5. The Kier molecular flexibility index (Phi) is 12.3. The van der Waals surface area contributed by atoms with E-state index in [0.29, 0.717) is 24.3 Å². The molecule has 0 spiro atoms. The number of unbranched alkanes of at least 4 members (excludes halogenated alkanes) is 7. The van der Waals surface area contributed by atoms with Crippen molar-refractivity contribution in [3.8, 4) is 11.5 Å². The summed E-state index contributed by atoms with van der Waals surface area (Å²) >= 11 is 0. The first-order valence-corrected chi connectivity index (χ1v) is 11.3. The highest BCUT2D eigenvalue weighted by atomic mass is 16.6. The minimum atomic E-state index is -0.291. The molecule has 0 aromatic heterocycles. The number of rotatable bonds is 14. The molecule has 0 aliphatic rings. The predicted octanol–water partition coefficient (Wildman–Crippen LogP) is 7.24. The van der Waals surface area contributed by atoms with Crippen molar-refractivity contribution in [1.82, 2.24) is 0 Å². The van der Waals surface area contributed by atoms with Crippen LogP contribution in [0.5, 0.6) is 11.5 Å². The zero-order valence-corrected chi connectivity index (χ0v) is 18.9. The van der Waals surface area contributed by atoms with Crippen LogP contribution in [0.25, 0.3) is 0 Å². The monoisotopic (exact) mass is 404 g/mol. The molecule has 0 amide bonds. The van der Waals surface area contributed by atoms with Crippen molar-refractivity contribution >= 4 is 11.9 Å². The van der Waals surface area contributed by atoms with E-state index in [9.17, 15) is 9.59 Å². The highest BCUT2D eigenvalue weighted by Gasteiger charge is 2.15. The summed E-state index contributed by atoms with van der Waals surface area (Å²) in [5, 5.41) is 0. The van der Waals surface area contributed by atoms with E-state index in [0.717, 1.165) is 25.7 Å². The van der Waals surface area contributed by atoms with E-state index < -0.39 is 0 Å². The lowest BCUT2D eigenvalue weighted by molar-refractivity contribution is -0.137. The van der Waals surface area contributed by atoms with Gasteiger partial charge in [-0.1, -0.05) is 84.8 Å². The molecule has 164 valence electrons. The molecule has 0 heterocycles. The molecule has 0 aliphatic heterocycles. The number of carbonyl (C=O) groups excluding carboxylic acids is 2. The van der Waals surface area contributed by atoms with Gasteiger partial charge in [0.05, 0.1) is 0 Å². The summed E-state index contributed by atoms with van der Waals surface area (Å²) in [7, 11) is 0.